The van der Waals surface area contributed by atoms with Gasteiger partial charge in [-0.3, -0.25) is 14.4 Å². The summed E-state index contributed by atoms with van der Waals surface area (Å²) in [6.07, 6.45) is 4.11. The van der Waals surface area contributed by atoms with Crippen LogP contribution in [0.3, 0.4) is 0 Å². The molecule has 1 aromatic heterocycles. The van der Waals surface area contributed by atoms with E-state index in [1.165, 1.54) is 0 Å². The highest BCUT2D eigenvalue weighted by Gasteiger charge is 2.32. The molecule has 0 spiro atoms. The van der Waals surface area contributed by atoms with E-state index in [1.54, 1.807) is 41.6 Å². The molecule has 5 rings (SSSR count). The zero-order valence-corrected chi connectivity index (χ0v) is 20.2. The molecule has 3 aliphatic rings. The van der Waals surface area contributed by atoms with Gasteiger partial charge in [-0.1, -0.05) is 0 Å². The molecule has 186 valence electrons. The fourth-order valence-corrected chi connectivity index (χ4v) is 4.68. The second kappa shape index (κ2) is 9.13. The first kappa shape index (κ1) is 23.6. The third-order valence-electron chi connectivity index (χ3n) is 6.85. The molecule has 0 unspecified atom stereocenters. The summed E-state index contributed by atoms with van der Waals surface area (Å²) in [7, 11) is 0. The average Bonchev–Trinajstić information content (AvgIpc) is 3.62. The predicted octanol–water partition coefficient (Wildman–Crippen LogP) is 2.39. The van der Waals surface area contributed by atoms with Gasteiger partial charge >= 0.3 is 0 Å². The van der Waals surface area contributed by atoms with E-state index in [4.69, 9.17) is 4.74 Å². The number of benzene rings is 1. The lowest BCUT2D eigenvalue weighted by atomic mass is 10.1. The van der Waals surface area contributed by atoms with Crippen LogP contribution in [0.2, 0.25) is 0 Å². The van der Waals surface area contributed by atoms with E-state index in [0.29, 0.717) is 57.1 Å². The van der Waals surface area contributed by atoms with Gasteiger partial charge in [0.05, 0.1) is 30.2 Å². The van der Waals surface area contributed by atoms with Gasteiger partial charge in [0.2, 0.25) is 0 Å². The summed E-state index contributed by atoms with van der Waals surface area (Å²) < 4.78 is 7.13. The molecule has 0 bridgehead atoms. The fraction of sp³-hybridized carbons (Fsp3) is 0.500. The van der Waals surface area contributed by atoms with Gasteiger partial charge in [0.1, 0.15) is 5.56 Å². The molecule has 0 atom stereocenters. The summed E-state index contributed by atoms with van der Waals surface area (Å²) in [5.41, 5.74) is 1.71. The van der Waals surface area contributed by atoms with Crippen LogP contribution in [-0.4, -0.2) is 64.8 Å². The molecule has 1 aromatic carbocycles. The highest BCUT2D eigenvalue weighted by molar-refractivity contribution is 6.07. The third-order valence-corrected chi connectivity index (χ3v) is 6.85. The van der Waals surface area contributed by atoms with Gasteiger partial charge in [-0.2, -0.15) is 0 Å². The van der Waals surface area contributed by atoms with Crippen LogP contribution in [0.1, 0.15) is 65.4 Å². The van der Waals surface area contributed by atoms with Crippen LogP contribution in [0.15, 0.2) is 35.3 Å². The highest BCUT2D eigenvalue weighted by Crippen LogP contribution is 2.36. The zero-order chi connectivity index (χ0) is 24.7. The molecule has 9 nitrogen and oxygen atoms in total. The van der Waals surface area contributed by atoms with E-state index in [2.05, 4.69) is 10.2 Å². The van der Waals surface area contributed by atoms with Crippen LogP contribution in [0, 0.1) is 0 Å². The SMILES string of the molecule is CC(C)(O)CCN1Cc2cc(NC(=O)c3cccn(C4CC4)c3=O)c(N3CCOCC3)cc2C1=O. The Morgan fingerprint density at radius 3 is 2.63 bits per heavy atom. The van der Waals surface area contributed by atoms with E-state index in [9.17, 15) is 19.5 Å². The van der Waals surface area contributed by atoms with Crippen molar-refractivity contribution in [2.75, 3.05) is 43.1 Å². The molecule has 2 amide bonds. The number of pyridine rings is 1. The predicted molar refractivity (Wildman–Crippen MR) is 132 cm³/mol. The number of nitrogens with zero attached hydrogens (tertiary/aromatic N) is 3. The van der Waals surface area contributed by atoms with Crippen LogP contribution in [0.5, 0.6) is 0 Å². The summed E-state index contributed by atoms with van der Waals surface area (Å²) in [5.74, 6) is -0.533. The van der Waals surface area contributed by atoms with Gasteiger partial charge in [0, 0.05) is 44.0 Å². The Bertz CT molecular complexity index is 1210. The van der Waals surface area contributed by atoms with Crippen molar-refractivity contribution in [1.29, 1.82) is 0 Å². The van der Waals surface area contributed by atoms with E-state index < -0.39 is 11.5 Å². The van der Waals surface area contributed by atoms with Crippen molar-refractivity contribution in [3.05, 3.63) is 57.5 Å². The van der Waals surface area contributed by atoms with Gasteiger partial charge in [-0.15, -0.1) is 0 Å². The second-order valence-electron chi connectivity index (χ2n) is 10.2. The number of hydrogen-bond donors (Lipinski definition) is 2. The molecule has 1 saturated carbocycles. The monoisotopic (exact) mass is 480 g/mol. The number of anilines is 2. The molecule has 2 fully saturated rings. The maximum Gasteiger partial charge on any atom is 0.263 e. The summed E-state index contributed by atoms with van der Waals surface area (Å²) in [4.78, 5) is 43.1. The van der Waals surface area contributed by atoms with Crippen molar-refractivity contribution in [2.24, 2.45) is 0 Å². The van der Waals surface area contributed by atoms with Crippen LogP contribution < -0.4 is 15.8 Å². The number of aliphatic hydroxyl groups is 1. The number of rotatable bonds is 7. The first-order valence-corrected chi connectivity index (χ1v) is 12.2. The van der Waals surface area contributed by atoms with Gasteiger partial charge in [-0.05, 0) is 62.9 Å². The average molecular weight is 481 g/mol. The number of hydrogen-bond acceptors (Lipinski definition) is 6. The minimum absolute atomic E-state index is 0.0768. The quantitative estimate of drug-likeness (QED) is 0.631. The van der Waals surface area contributed by atoms with Crippen molar-refractivity contribution in [3.8, 4) is 0 Å². The molecular formula is C26H32N4O5. The number of carbonyl (C=O) groups excluding carboxylic acids is 2. The molecular weight excluding hydrogens is 448 g/mol. The van der Waals surface area contributed by atoms with Crippen molar-refractivity contribution >= 4 is 23.2 Å². The minimum atomic E-state index is -0.865. The van der Waals surface area contributed by atoms with Gasteiger partial charge < -0.3 is 29.5 Å². The number of aromatic nitrogens is 1. The van der Waals surface area contributed by atoms with Gasteiger partial charge in [-0.25, -0.2) is 0 Å². The smallest absolute Gasteiger partial charge is 0.263 e. The van der Waals surface area contributed by atoms with Crippen molar-refractivity contribution in [3.63, 3.8) is 0 Å². The molecule has 9 heteroatoms. The molecule has 3 heterocycles. The van der Waals surface area contributed by atoms with Crippen molar-refractivity contribution < 1.29 is 19.4 Å². The van der Waals surface area contributed by atoms with E-state index in [-0.39, 0.29) is 23.1 Å². The third kappa shape index (κ3) is 4.97. The summed E-state index contributed by atoms with van der Waals surface area (Å²) in [6, 6.07) is 7.16. The van der Waals surface area contributed by atoms with Crippen LogP contribution in [0.4, 0.5) is 11.4 Å². The Labute approximate surface area is 204 Å². The number of ether oxygens (including phenoxy) is 1. The molecule has 0 radical (unpaired) electrons. The molecule has 1 saturated heterocycles. The minimum Gasteiger partial charge on any atom is -0.390 e. The fourth-order valence-electron chi connectivity index (χ4n) is 4.68. The highest BCUT2D eigenvalue weighted by atomic mass is 16.5. The summed E-state index contributed by atoms with van der Waals surface area (Å²) in [6.45, 7) is 6.70. The van der Waals surface area contributed by atoms with E-state index >= 15 is 0 Å². The number of morpholine rings is 1. The molecule has 1 aliphatic carbocycles. The number of carbonyl (C=O) groups is 2. The van der Waals surface area contributed by atoms with Crippen LogP contribution >= 0.6 is 0 Å². The lowest BCUT2D eigenvalue weighted by Gasteiger charge is -2.31. The van der Waals surface area contributed by atoms with Gasteiger partial charge in [0.25, 0.3) is 17.4 Å². The first-order valence-electron chi connectivity index (χ1n) is 12.2. The van der Waals surface area contributed by atoms with Crippen molar-refractivity contribution in [2.45, 2.75) is 51.3 Å². The number of amides is 2. The second-order valence-corrected chi connectivity index (χ2v) is 10.2. The van der Waals surface area contributed by atoms with Crippen LogP contribution in [-0.2, 0) is 11.3 Å². The topological polar surface area (TPSA) is 104 Å². The lowest BCUT2D eigenvalue weighted by molar-refractivity contribution is 0.0517. The Morgan fingerprint density at radius 1 is 1.20 bits per heavy atom. The molecule has 35 heavy (non-hydrogen) atoms. The van der Waals surface area contributed by atoms with E-state index in [0.717, 1.165) is 24.1 Å². The van der Waals surface area contributed by atoms with Gasteiger partial charge in [0.15, 0.2) is 0 Å². The number of nitrogens with one attached hydrogen (secondary N) is 1. The molecule has 2 aromatic rings. The summed E-state index contributed by atoms with van der Waals surface area (Å²) in [5, 5.41) is 13.1. The number of fused-ring (bicyclic) bond motifs is 1. The van der Waals surface area contributed by atoms with Crippen molar-refractivity contribution in [1.82, 2.24) is 9.47 Å². The first-order chi connectivity index (χ1) is 16.7. The maximum atomic E-state index is 13.2. The molecule has 2 aliphatic heterocycles. The Kier molecular flexibility index (Phi) is 6.14. The zero-order valence-electron chi connectivity index (χ0n) is 20.2. The maximum absolute atomic E-state index is 13.2. The van der Waals surface area contributed by atoms with E-state index in [1.807, 2.05) is 12.1 Å². The normalized spacial score (nSPS) is 18.1. The Morgan fingerprint density at radius 2 is 1.94 bits per heavy atom. The Balaban J connectivity index is 1.45. The lowest BCUT2D eigenvalue weighted by Crippen LogP contribution is -2.37. The summed E-state index contributed by atoms with van der Waals surface area (Å²) >= 11 is 0. The molecule has 2 N–H and O–H groups in total. The van der Waals surface area contributed by atoms with Crippen LogP contribution in [0.25, 0.3) is 0 Å². The Hall–Kier alpha value is -3.17. The standard InChI is InChI=1S/C26H32N4O5/c1-26(2,34)7-9-29-16-17-14-21(22(15-20(17)24(29)32)28-10-12-35-13-11-28)27-23(31)19-4-3-8-30(25(19)33)18-5-6-18/h3-4,8,14-15,18,34H,5-7,9-13,16H2,1-2H3,(H,27,31). The largest absolute Gasteiger partial charge is 0.390 e.